The summed E-state index contributed by atoms with van der Waals surface area (Å²) in [7, 11) is 1.43. The molecule has 1 atom stereocenters. The molecule has 1 aliphatic rings. The second-order valence-corrected chi connectivity index (χ2v) is 7.41. The molecular weight excluding hydrogens is 351 g/mol. The molecule has 1 unspecified atom stereocenters. The van der Waals surface area contributed by atoms with Crippen LogP contribution in [0.5, 0.6) is 0 Å². The fourth-order valence-corrected chi connectivity index (χ4v) is 3.24. The standard InChI is InChI=1S/C9H7BrClFN2O3S/c10-9-6(1-2-7(12)13-9)14-4-5(3-8(14)15)18(11,16)17/h1-2,5H,3-4H2. The Bertz CT molecular complexity index is 610. The van der Waals surface area contributed by atoms with E-state index in [1.54, 1.807) is 0 Å². The zero-order valence-corrected chi connectivity index (χ0v) is 12.0. The third-order valence-corrected chi connectivity index (χ3v) is 5.03. The number of carbonyl (C=O) groups is 1. The first-order chi connectivity index (χ1) is 8.29. The van der Waals surface area contributed by atoms with Gasteiger partial charge in [0, 0.05) is 23.6 Å². The van der Waals surface area contributed by atoms with Crippen LogP contribution in [0.25, 0.3) is 0 Å². The maximum Gasteiger partial charge on any atom is 0.237 e. The van der Waals surface area contributed by atoms with E-state index in [-0.39, 0.29) is 17.6 Å². The van der Waals surface area contributed by atoms with Crippen LogP contribution in [0.3, 0.4) is 0 Å². The lowest BCUT2D eigenvalue weighted by molar-refractivity contribution is -0.117. The first kappa shape index (κ1) is 13.7. The molecular formula is C9H7BrClFN2O3S. The number of anilines is 1. The molecule has 98 valence electrons. The van der Waals surface area contributed by atoms with Gasteiger partial charge in [-0.2, -0.15) is 4.39 Å². The van der Waals surface area contributed by atoms with Crippen LogP contribution in [-0.4, -0.2) is 31.1 Å². The van der Waals surface area contributed by atoms with Gasteiger partial charge in [-0.3, -0.25) is 4.79 Å². The number of carbonyl (C=O) groups excluding carboxylic acids is 1. The predicted molar refractivity (Wildman–Crippen MR) is 67.4 cm³/mol. The molecule has 1 amide bonds. The molecule has 1 saturated heterocycles. The third kappa shape index (κ3) is 2.65. The average Bonchev–Trinajstić information content (AvgIpc) is 2.60. The molecule has 0 N–H and O–H groups in total. The van der Waals surface area contributed by atoms with Crippen LogP contribution in [0.1, 0.15) is 6.42 Å². The van der Waals surface area contributed by atoms with Crippen molar-refractivity contribution >= 4 is 47.3 Å². The van der Waals surface area contributed by atoms with Crippen LogP contribution >= 0.6 is 26.6 Å². The summed E-state index contributed by atoms with van der Waals surface area (Å²) >= 11 is 3.03. The predicted octanol–water partition coefficient (Wildman–Crippen LogP) is 1.66. The molecule has 2 rings (SSSR count). The van der Waals surface area contributed by atoms with E-state index in [4.69, 9.17) is 10.7 Å². The number of hydrogen-bond donors (Lipinski definition) is 0. The molecule has 1 fully saturated rings. The zero-order chi connectivity index (χ0) is 13.5. The summed E-state index contributed by atoms with van der Waals surface area (Å²) in [5, 5.41) is -0.955. The second-order valence-electron chi connectivity index (χ2n) is 3.75. The van der Waals surface area contributed by atoms with Gasteiger partial charge in [-0.15, -0.1) is 0 Å². The molecule has 0 saturated carbocycles. The fraction of sp³-hybridized carbons (Fsp3) is 0.333. The van der Waals surface area contributed by atoms with Crippen molar-refractivity contribution in [2.24, 2.45) is 0 Å². The highest BCUT2D eigenvalue weighted by molar-refractivity contribution is 9.10. The lowest BCUT2D eigenvalue weighted by Crippen LogP contribution is -2.27. The van der Waals surface area contributed by atoms with Gasteiger partial charge in [-0.05, 0) is 28.1 Å². The highest BCUT2D eigenvalue weighted by Crippen LogP contribution is 2.31. The lowest BCUT2D eigenvalue weighted by Gasteiger charge is -2.17. The molecule has 2 heterocycles. The van der Waals surface area contributed by atoms with E-state index in [0.717, 1.165) is 6.07 Å². The summed E-state index contributed by atoms with van der Waals surface area (Å²) in [5.41, 5.74) is 0.323. The Hall–Kier alpha value is -0.730. The van der Waals surface area contributed by atoms with Gasteiger partial charge < -0.3 is 4.90 Å². The number of rotatable bonds is 2. The summed E-state index contributed by atoms with van der Waals surface area (Å²) < 4.78 is 35.4. The van der Waals surface area contributed by atoms with E-state index >= 15 is 0 Å². The van der Waals surface area contributed by atoms with E-state index in [1.165, 1.54) is 11.0 Å². The zero-order valence-electron chi connectivity index (χ0n) is 8.81. The molecule has 1 aliphatic heterocycles. The molecule has 1 aromatic rings. The van der Waals surface area contributed by atoms with Gasteiger partial charge >= 0.3 is 0 Å². The van der Waals surface area contributed by atoms with Crippen LogP contribution in [0.4, 0.5) is 10.1 Å². The number of amides is 1. The van der Waals surface area contributed by atoms with Crippen molar-refractivity contribution in [2.45, 2.75) is 11.7 Å². The Labute approximate surface area is 115 Å². The number of nitrogens with zero attached hydrogens (tertiary/aromatic N) is 2. The van der Waals surface area contributed by atoms with Gasteiger partial charge in [-0.1, -0.05) is 0 Å². The first-order valence-corrected chi connectivity index (χ1v) is 8.01. The lowest BCUT2D eigenvalue weighted by atomic mass is 10.4. The van der Waals surface area contributed by atoms with Gasteiger partial charge in [0.15, 0.2) is 0 Å². The third-order valence-electron chi connectivity index (χ3n) is 2.57. The average molecular weight is 358 g/mol. The SMILES string of the molecule is O=C1CC(S(=O)(=O)Cl)CN1c1ccc(F)nc1Br. The van der Waals surface area contributed by atoms with Gasteiger partial charge in [-0.25, -0.2) is 13.4 Å². The summed E-state index contributed by atoms with van der Waals surface area (Å²) in [4.78, 5) is 16.5. The van der Waals surface area contributed by atoms with E-state index in [0.29, 0.717) is 5.69 Å². The molecule has 0 bridgehead atoms. The van der Waals surface area contributed by atoms with Crippen molar-refractivity contribution in [3.8, 4) is 0 Å². The summed E-state index contributed by atoms with van der Waals surface area (Å²) in [5.74, 6) is -1.09. The summed E-state index contributed by atoms with van der Waals surface area (Å²) in [6.45, 7) is -0.0589. The Morgan fingerprint density at radius 1 is 1.50 bits per heavy atom. The minimum absolute atomic E-state index is 0.0589. The van der Waals surface area contributed by atoms with Crippen molar-refractivity contribution < 1.29 is 17.6 Å². The van der Waals surface area contributed by atoms with Crippen LogP contribution in [-0.2, 0) is 13.8 Å². The number of aromatic nitrogens is 1. The van der Waals surface area contributed by atoms with Crippen molar-refractivity contribution in [1.29, 1.82) is 0 Å². The first-order valence-electron chi connectivity index (χ1n) is 4.85. The van der Waals surface area contributed by atoms with Gasteiger partial charge in [0.1, 0.15) is 9.85 Å². The van der Waals surface area contributed by atoms with E-state index < -0.39 is 26.2 Å². The van der Waals surface area contributed by atoms with Crippen molar-refractivity contribution in [3.63, 3.8) is 0 Å². The van der Waals surface area contributed by atoms with Crippen LogP contribution < -0.4 is 4.90 Å². The topological polar surface area (TPSA) is 67.3 Å². The Morgan fingerprint density at radius 2 is 2.17 bits per heavy atom. The van der Waals surface area contributed by atoms with E-state index in [2.05, 4.69) is 20.9 Å². The molecule has 0 aliphatic carbocycles. The monoisotopic (exact) mass is 356 g/mol. The number of pyridine rings is 1. The Morgan fingerprint density at radius 3 is 2.67 bits per heavy atom. The molecule has 18 heavy (non-hydrogen) atoms. The Kier molecular flexibility index (Phi) is 3.61. The highest BCUT2D eigenvalue weighted by Gasteiger charge is 2.38. The van der Waals surface area contributed by atoms with Gasteiger partial charge in [0.25, 0.3) is 0 Å². The van der Waals surface area contributed by atoms with E-state index in [9.17, 15) is 17.6 Å². The molecule has 1 aromatic heterocycles. The maximum atomic E-state index is 12.8. The Balaban J connectivity index is 2.33. The van der Waals surface area contributed by atoms with Crippen molar-refractivity contribution in [2.75, 3.05) is 11.4 Å². The summed E-state index contributed by atoms with van der Waals surface area (Å²) in [6.07, 6.45) is -0.185. The molecule has 9 heteroatoms. The molecule has 0 radical (unpaired) electrons. The summed E-state index contributed by atoms with van der Waals surface area (Å²) in [6, 6.07) is 2.45. The maximum absolute atomic E-state index is 12.8. The van der Waals surface area contributed by atoms with Gasteiger partial charge in [0.2, 0.25) is 20.9 Å². The number of hydrogen-bond acceptors (Lipinski definition) is 4. The van der Waals surface area contributed by atoms with E-state index in [1.807, 2.05) is 0 Å². The highest BCUT2D eigenvalue weighted by atomic mass is 79.9. The normalized spacial score (nSPS) is 20.5. The fourth-order valence-electron chi connectivity index (χ4n) is 1.70. The molecule has 0 spiro atoms. The smallest absolute Gasteiger partial charge is 0.237 e. The van der Waals surface area contributed by atoms with Crippen molar-refractivity contribution in [3.05, 3.63) is 22.7 Å². The molecule has 0 aromatic carbocycles. The molecule has 5 nitrogen and oxygen atoms in total. The minimum atomic E-state index is -3.80. The second kappa shape index (κ2) is 4.75. The quantitative estimate of drug-likeness (QED) is 0.596. The number of halogens is 3. The minimum Gasteiger partial charge on any atom is -0.308 e. The largest absolute Gasteiger partial charge is 0.308 e. The van der Waals surface area contributed by atoms with Crippen molar-refractivity contribution in [1.82, 2.24) is 4.98 Å². The van der Waals surface area contributed by atoms with Crippen LogP contribution in [0.15, 0.2) is 16.7 Å². The van der Waals surface area contributed by atoms with Crippen LogP contribution in [0, 0.1) is 5.95 Å². The van der Waals surface area contributed by atoms with Crippen LogP contribution in [0.2, 0.25) is 0 Å². The van der Waals surface area contributed by atoms with Gasteiger partial charge in [0.05, 0.1) is 5.69 Å².